The summed E-state index contributed by atoms with van der Waals surface area (Å²) < 4.78 is 9.91. The SMILES string of the molecule is NC1=N[C@H](O)C2C3OC4(O)OC([C@@H](O)[C@@]2(N1)[C@@H]4O)C3(O)O. The predicted molar refractivity (Wildman–Crippen MR) is 60.9 cm³/mol. The van der Waals surface area contributed by atoms with Crippen molar-refractivity contribution in [3.8, 4) is 0 Å². The van der Waals surface area contributed by atoms with E-state index >= 15 is 0 Å². The number of ether oxygens (including phenoxy) is 2. The average Bonchev–Trinajstić information content (AvgIpc) is 2.36. The van der Waals surface area contributed by atoms with E-state index in [1.165, 1.54) is 0 Å². The van der Waals surface area contributed by atoms with Crippen molar-refractivity contribution in [2.45, 2.75) is 47.9 Å². The zero-order chi connectivity index (χ0) is 15.4. The molecule has 1 spiro atoms. The molecule has 4 bridgehead atoms. The second-order valence-corrected chi connectivity index (χ2v) is 5.85. The van der Waals surface area contributed by atoms with Gasteiger partial charge in [-0.25, -0.2) is 4.99 Å². The summed E-state index contributed by atoms with van der Waals surface area (Å²) in [5.74, 6) is -6.80. The van der Waals surface area contributed by atoms with Crippen LogP contribution in [0.5, 0.6) is 0 Å². The van der Waals surface area contributed by atoms with Crippen LogP contribution in [-0.4, -0.2) is 84.5 Å². The normalized spacial score (nSPS) is 60.2. The van der Waals surface area contributed by atoms with E-state index < -0.39 is 53.9 Å². The lowest BCUT2D eigenvalue weighted by atomic mass is 9.58. The molecule has 4 heterocycles. The Morgan fingerprint density at radius 2 is 1.71 bits per heavy atom. The van der Waals surface area contributed by atoms with E-state index in [4.69, 9.17) is 15.2 Å². The highest BCUT2D eigenvalue weighted by Gasteiger charge is 2.83. The van der Waals surface area contributed by atoms with E-state index in [1.807, 2.05) is 0 Å². The molecule has 0 amide bonds. The van der Waals surface area contributed by atoms with Gasteiger partial charge in [0.1, 0.15) is 23.9 Å². The number of nitrogens with zero attached hydrogens (tertiary/aromatic N) is 1. The van der Waals surface area contributed by atoms with Crippen LogP contribution in [0, 0.1) is 5.92 Å². The quantitative estimate of drug-likeness (QED) is 0.200. The zero-order valence-electron chi connectivity index (χ0n) is 10.5. The Bertz CT molecular complexity index is 542. The van der Waals surface area contributed by atoms with E-state index in [0.29, 0.717) is 0 Å². The van der Waals surface area contributed by atoms with Crippen molar-refractivity contribution in [3.05, 3.63) is 0 Å². The van der Waals surface area contributed by atoms with Gasteiger partial charge in [0.15, 0.2) is 18.3 Å². The van der Waals surface area contributed by atoms with E-state index in [1.54, 1.807) is 0 Å². The molecule has 8 atom stereocenters. The lowest BCUT2D eigenvalue weighted by Gasteiger charge is -2.70. The highest BCUT2D eigenvalue weighted by atomic mass is 16.9. The summed E-state index contributed by atoms with van der Waals surface area (Å²) in [5.41, 5.74) is 3.74. The van der Waals surface area contributed by atoms with Crippen LogP contribution in [0.3, 0.4) is 0 Å². The third-order valence-corrected chi connectivity index (χ3v) is 4.82. The van der Waals surface area contributed by atoms with Crippen molar-refractivity contribution in [1.29, 1.82) is 0 Å². The molecule has 5 aliphatic rings. The van der Waals surface area contributed by atoms with Gasteiger partial charge in [0.05, 0.1) is 5.92 Å². The van der Waals surface area contributed by atoms with Crippen molar-refractivity contribution in [2.24, 2.45) is 16.6 Å². The lowest BCUT2D eigenvalue weighted by molar-refractivity contribution is -0.569. The van der Waals surface area contributed by atoms with Crippen LogP contribution in [-0.2, 0) is 9.47 Å². The number of nitrogens with one attached hydrogen (secondary N) is 1. The Hall–Kier alpha value is -1.05. The third-order valence-electron chi connectivity index (χ3n) is 4.82. The molecule has 3 saturated heterocycles. The molecule has 0 radical (unpaired) electrons. The Morgan fingerprint density at radius 1 is 1.10 bits per heavy atom. The van der Waals surface area contributed by atoms with Crippen molar-refractivity contribution >= 4 is 5.96 Å². The number of hydrogen-bond donors (Lipinski definition) is 8. The van der Waals surface area contributed by atoms with Gasteiger partial charge in [-0.15, -0.1) is 0 Å². The summed E-state index contributed by atoms with van der Waals surface area (Å²) >= 11 is 0. The average molecular weight is 305 g/mol. The fourth-order valence-electron chi connectivity index (χ4n) is 3.94. The molecule has 1 saturated carbocycles. The number of nitrogens with two attached hydrogens (primary N) is 1. The van der Waals surface area contributed by atoms with Gasteiger partial charge < -0.3 is 51.2 Å². The summed E-state index contributed by atoms with van der Waals surface area (Å²) in [6, 6.07) is 0. The van der Waals surface area contributed by atoms with Gasteiger partial charge in [0, 0.05) is 0 Å². The van der Waals surface area contributed by atoms with Crippen molar-refractivity contribution in [1.82, 2.24) is 5.32 Å². The minimum Gasteiger partial charge on any atom is -0.388 e. The van der Waals surface area contributed by atoms with Gasteiger partial charge in [0.25, 0.3) is 0 Å². The molecule has 4 fully saturated rings. The van der Waals surface area contributed by atoms with Crippen molar-refractivity contribution in [2.75, 3.05) is 0 Å². The Kier molecular flexibility index (Phi) is 2.25. The molecule has 9 N–H and O–H groups in total. The lowest BCUT2D eigenvalue weighted by Crippen LogP contribution is -2.95. The first kappa shape index (κ1) is 13.6. The minimum absolute atomic E-state index is 0.274. The molecule has 0 aromatic carbocycles. The van der Waals surface area contributed by atoms with Crippen molar-refractivity contribution < 1.29 is 40.1 Å². The first-order valence-electron chi connectivity index (χ1n) is 6.33. The van der Waals surface area contributed by atoms with Gasteiger partial charge in [-0.2, -0.15) is 0 Å². The zero-order valence-corrected chi connectivity index (χ0v) is 10.5. The minimum atomic E-state index is -2.69. The maximum absolute atomic E-state index is 10.4. The summed E-state index contributed by atoms with van der Waals surface area (Å²) in [4.78, 5) is 3.63. The second-order valence-electron chi connectivity index (χ2n) is 5.85. The first-order valence-corrected chi connectivity index (χ1v) is 6.33. The molecule has 21 heavy (non-hydrogen) atoms. The standard InChI is InChI=1S/C10H15N3O8/c11-7-12-5(15)1-3-9(17,18)4-2(14)8(1,13-7)6(16)10(19,20-3)21-4/h1-6,14-19H,(H3,11,12,13)/t1?,2-,3?,4?,5-,6+,8-,10?/m1/s1. The Labute approximate surface area is 117 Å². The molecule has 4 aliphatic heterocycles. The summed E-state index contributed by atoms with van der Waals surface area (Å²) in [6.45, 7) is 0. The number of aliphatic hydroxyl groups is 6. The van der Waals surface area contributed by atoms with E-state index in [-0.39, 0.29) is 5.96 Å². The number of aliphatic imine (C=N–C) groups is 1. The van der Waals surface area contributed by atoms with Gasteiger partial charge in [-0.1, -0.05) is 0 Å². The number of guanidine groups is 1. The van der Waals surface area contributed by atoms with Crippen molar-refractivity contribution in [3.63, 3.8) is 0 Å². The maximum Gasteiger partial charge on any atom is 0.311 e. The van der Waals surface area contributed by atoms with Crippen LogP contribution in [0.1, 0.15) is 0 Å². The van der Waals surface area contributed by atoms with Crippen LogP contribution in [0.4, 0.5) is 0 Å². The smallest absolute Gasteiger partial charge is 0.311 e. The summed E-state index contributed by atoms with van der Waals surface area (Å²) in [7, 11) is 0. The number of rotatable bonds is 0. The van der Waals surface area contributed by atoms with E-state index in [0.717, 1.165) is 0 Å². The molecule has 11 heteroatoms. The van der Waals surface area contributed by atoms with E-state index in [2.05, 4.69) is 10.3 Å². The first-order chi connectivity index (χ1) is 9.64. The molecule has 5 rings (SSSR count). The second kappa shape index (κ2) is 3.47. The third kappa shape index (κ3) is 1.25. The largest absolute Gasteiger partial charge is 0.388 e. The summed E-state index contributed by atoms with van der Waals surface area (Å²) in [6.07, 6.45) is -8.37. The predicted octanol–water partition coefficient (Wildman–Crippen LogP) is -5.56. The Morgan fingerprint density at radius 3 is 2.38 bits per heavy atom. The van der Waals surface area contributed by atoms with Gasteiger partial charge in [-0.05, 0) is 0 Å². The highest BCUT2D eigenvalue weighted by Crippen LogP contribution is 2.57. The monoisotopic (exact) mass is 305 g/mol. The fraction of sp³-hybridized carbons (Fsp3) is 0.900. The molecule has 118 valence electrons. The molecule has 11 nitrogen and oxygen atoms in total. The maximum atomic E-state index is 10.4. The molecule has 0 aromatic rings. The molecule has 1 aliphatic carbocycles. The van der Waals surface area contributed by atoms with Gasteiger partial charge in [-0.3, -0.25) is 0 Å². The molecular formula is C10H15N3O8. The number of aliphatic hydroxyl groups excluding tert-OH is 3. The van der Waals surface area contributed by atoms with E-state index in [9.17, 15) is 30.6 Å². The van der Waals surface area contributed by atoms with Gasteiger partial charge >= 0.3 is 5.97 Å². The van der Waals surface area contributed by atoms with Crippen LogP contribution in [0.15, 0.2) is 4.99 Å². The van der Waals surface area contributed by atoms with Gasteiger partial charge in [0.2, 0.25) is 5.79 Å². The molecule has 0 aromatic heterocycles. The molecule has 4 unspecified atom stereocenters. The fourth-order valence-corrected chi connectivity index (χ4v) is 3.94. The number of hydrogen-bond acceptors (Lipinski definition) is 11. The van der Waals surface area contributed by atoms with Crippen LogP contribution in [0.25, 0.3) is 0 Å². The summed E-state index contributed by atoms with van der Waals surface area (Å²) in [5, 5.41) is 63.8. The highest BCUT2D eigenvalue weighted by molar-refractivity contribution is 5.80. The Balaban J connectivity index is 1.95. The van der Waals surface area contributed by atoms with Crippen LogP contribution in [0.2, 0.25) is 0 Å². The van der Waals surface area contributed by atoms with Crippen LogP contribution >= 0.6 is 0 Å². The topological polar surface area (TPSA) is 190 Å². The van der Waals surface area contributed by atoms with Crippen LogP contribution < -0.4 is 11.1 Å². The molecular weight excluding hydrogens is 290 g/mol.